The molecular weight excluding hydrogens is 516 g/mol. The molecule has 2 amide bonds. The number of benzene rings is 3. The normalized spacial score (nSPS) is 11.5. The SMILES string of the molecule is COc1ccc(C)cc1N(CC(=O)N/N=C(/C)c1cccc(NC(=O)c2cccc(Cl)c2)c1)S(C)(=O)=O. The number of anilines is 2. The molecule has 0 heterocycles. The molecule has 9 nitrogen and oxygen atoms in total. The molecule has 0 aliphatic carbocycles. The summed E-state index contributed by atoms with van der Waals surface area (Å²) >= 11 is 5.96. The van der Waals surface area contributed by atoms with Gasteiger partial charge in [0.25, 0.3) is 11.8 Å². The predicted molar refractivity (Wildman–Crippen MR) is 146 cm³/mol. The first-order chi connectivity index (χ1) is 17.5. The first kappa shape index (κ1) is 27.7. The molecule has 2 N–H and O–H groups in total. The van der Waals surface area contributed by atoms with Gasteiger partial charge in [-0.3, -0.25) is 13.9 Å². The van der Waals surface area contributed by atoms with Crippen LogP contribution in [0.2, 0.25) is 5.02 Å². The fraction of sp³-hybridized carbons (Fsp3) is 0.192. The van der Waals surface area contributed by atoms with Crippen LogP contribution in [0.15, 0.2) is 71.8 Å². The van der Waals surface area contributed by atoms with E-state index in [-0.39, 0.29) is 11.6 Å². The van der Waals surface area contributed by atoms with Crippen molar-refractivity contribution in [3.8, 4) is 5.75 Å². The number of amides is 2. The average Bonchev–Trinajstić information content (AvgIpc) is 2.85. The van der Waals surface area contributed by atoms with Crippen molar-refractivity contribution in [2.24, 2.45) is 5.10 Å². The molecule has 0 atom stereocenters. The third-order valence-electron chi connectivity index (χ3n) is 5.26. The zero-order valence-electron chi connectivity index (χ0n) is 20.8. The molecule has 194 valence electrons. The molecule has 0 aromatic heterocycles. The highest BCUT2D eigenvalue weighted by Crippen LogP contribution is 2.30. The number of nitrogens with one attached hydrogen (secondary N) is 2. The van der Waals surface area contributed by atoms with Gasteiger partial charge in [0.05, 0.1) is 24.8 Å². The third kappa shape index (κ3) is 7.55. The maximum atomic E-state index is 12.7. The highest BCUT2D eigenvalue weighted by molar-refractivity contribution is 7.92. The van der Waals surface area contributed by atoms with Gasteiger partial charge in [-0.25, -0.2) is 13.8 Å². The summed E-state index contributed by atoms with van der Waals surface area (Å²) in [4.78, 5) is 25.2. The van der Waals surface area contributed by atoms with Crippen molar-refractivity contribution in [3.05, 3.63) is 88.4 Å². The summed E-state index contributed by atoms with van der Waals surface area (Å²) in [6.45, 7) is 2.99. The van der Waals surface area contributed by atoms with Crippen molar-refractivity contribution in [2.75, 3.05) is 29.5 Å². The van der Waals surface area contributed by atoms with E-state index in [4.69, 9.17) is 16.3 Å². The Morgan fingerprint density at radius 1 is 1.03 bits per heavy atom. The quantitative estimate of drug-likeness (QED) is 0.310. The number of nitrogens with zero attached hydrogens (tertiary/aromatic N) is 2. The maximum Gasteiger partial charge on any atom is 0.260 e. The molecule has 0 aliphatic heterocycles. The first-order valence-corrected chi connectivity index (χ1v) is 13.3. The Balaban J connectivity index is 1.73. The molecule has 0 fully saturated rings. The summed E-state index contributed by atoms with van der Waals surface area (Å²) < 4.78 is 31.2. The lowest BCUT2D eigenvalue weighted by atomic mass is 10.1. The van der Waals surface area contributed by atoms with Gasteiger partial charge in [0.15, 0.2) is 0 Å². The zero-order valence-corrected chi connectivity index (χ0v) is 22.4. The average molecular weight is 543 g/mol. The highest BCUT2D eigenvalue weighted by atomic mass is 35.5. The van der Waals surface area contributed by atoms with E-state index in [2.05, 4.69) is 15.8 Å². The van der Waals surface area contributed by atoms with Crippen LogP contribution in [0.3, 0.4) is 0 Å². The molecule has 11 heteroatoms. The van der Waals surface area contributed by atoms with E-state index >= 15 is 0 Å². The van der Waals surface area contributed by atoms with Crippen molar-refractivity contribution in [2.45, 2.75) is 13.8 Å². The van der Waals surface area contributed by atoms with Crippen molar-refractivity contribution < 1.29 is 22.7 Å². The van der Waals surface area contributed by atoms with E-state index in [0.717, 1.165) is 16.1 Å². The van der Waals surface area contributed by atoms with E-state index < -0.39 is 22.5 Å². The number of hydrazone groups is 1. The van der Waals surface area contributed by atoms with Crippen LogP contribution in [0, 0.1) is 6.92 Å². The minimum absolute atomic E-state index is 0.254. The van der Waals surface area contributed by atoms with E-state index in [1.165, 1.54) is 7.11 Å². The number of sulfonamides is 1. The second-order valence-electron chi connectivity index (χ2n) is 8.22. The Bertz CT molecular complexity index is 1460. The number of ether oxygens (including phenoxy) is 1. The summed E-state index contributed by atoms with van der Waals surface area (Å²) in [7, 11) is -2.38. The summed E-state index contributed by atoms with van der Waals surface area (Å²) in [6.07, 6.45) is 1.01. The topological polar surface area (TPSA) is 117 Å². The van der Waals surface area contributed by atoms with E-state index in [0.29, 0.717) is 33.3 Å². The molecule has 0 saturated carbocycles. The lowest BCUT2D eigenvalue weighted by molar-refractivity contribution is -0.119. The number of hydrogen-bond donors (Lipinski definition) is 2. The lowest BCUT2D eigenvalue weighted by Crippen LogP contribution is -2.39. The fourth-order valence-corrected chi connectivity index (χ4v) is 4.45. The zero-order chi connectivity index (χ0) is 27.2. The van der Waals surface area contributed by atoms with Gasteiger partial charge < -0.3 is 10.1 Å². The Morgan fingerprint density at radius 3 is 2.41 bits per heavy atom. The molecule has 3 aromatic rings. The number of carbonyl (C=O) groups excluding carboxylic acids is 2. The van der Waals surface area contributed by atoms with Crippen molar-refractivity contribution in [1.29, 1.82) is 0 Å². The van der Waals surface area contributed by atoms with Gasteiger partial charge in [-0.1, -0.05) is 35.9 Å². The van der Waals surface area contributed by atoms with Crippen LogP contribution in [0.5, 0.6) is 5.75 Å². The van der Waals surface area contributed by atoms with Gasteiger partial charge in [-0.05, 0) is 67.4 Å². The highest BCUT2D eigenvalue weighted by Gasteiger charge is 2.24. The van der Waals surface area contributed by atoms with Crippen LogP contribution in [0.4, 0.5) is 11.4 Å². The summed E-state index contributed by atoms with van der Waals surface area (Å²) in [6, 6.07) is 18.6. The molecule has 3 rings (SSSR count). The van der Waals surface area contributed by atoms with Gasteiger partial charge in [-0.15, -0.1) is 0 Å². The number of rotatable bonds is 9. The van der Waals surface area contributed by atoms with Gasteiger partial charge in [0.2, 0.25) is 10.0 Å². The minimum atomic E-state index is -3.80. The van der Waals surface area contributed by atoms with Crippen molar-refractivity contribution >= 4 is 50.5 Å². The lowest BCUT2D eigenvalue weighted by Gasteiger charge is -2.23. The molecule has 0 unspecified atom stereocenters. The Morgan fingerprint density at radius 2 is 1.73 bits per heavy atom. The largest absolute Gasteiger partial charge is 0.495 e. The second-order valence-corrected chi connectivity index (χ2v) is 10.6. The maximum absolute atomic E-state index is 12.7. The Hall–Kier alpha value is -3.89. The van der Waals surface area contributed by atoms with Crippen molar-refractivity contribution in [1.82, 2.24) is 5.43 Å². The molecule has 0 saturated heterocycles. The van der Waals surface area contributed by atoms with Crippen LogP contribution < -0.4 is 19.8 Å². The smallest absolute Gasteiger partial charge is 0.260 e. The number of carbonyl (C=O) groups is 2. The van der Waals surface area contributed by atoms with Gasteiger partial charge >= 0.3 is 0 Å². The molecule has 0 aliphatic rings. The monoisotopic (exact) mass is 542 g/mol. The van der Waals surface area contributed by atoms with Gasteiger partial charge in [0.1, 0.15) is 12.3 Å². The van der Waals surface area contributed by atoms with Crippen LogP contribution in [0.25, 0.3) is 0 Å². The standard InChI is InChI=1S/C26H27ClN4O5S/c1-17-11-12-24(36-3)23(13-17)31(37(4,34)35)16-25(32)30-29-18(2)19-7-6-10-22(15-19)28-26(33)20-8-5-9-21(27)14-20/h5-15H,16H2,1-4H3,(H,28,33)(H,30,32)/b29-18-. The first-order valence-electron chi connectivity index (χ1n) is 11.1. The molecular formula is C26H27ClN4O5S. The van der Waals surface area contributed by atoms with Crippen LogP contribution in [0.1, 0.15) is 28.4 Å². The van der Waals surface area contributed by atoms with E-state index in [9.17, 15) is 18.0 Å². The summed E-state index contributed by atoms with van der Waals surface area (Å²) in [5.74, 6) is -0.645. The molecule has 3 aromatic carbocycles. The van der Waals surface area contributed by atoms with Crippen LogP contribution in [-0.4, -0.2) is 45.9 Å². The molecule has 0 bridgehead atoms. The Kier molecular flexibility index (Phi) is 8.90. The third-order valence-corrected chi connectivity index (χ3v) is 6.63. The number of methoxy groups -OCH3 is 1. The Labute approximate surface area is 221 Å². The van der Waals surface area contributed by atoms with E-state index in [1.54, 1.807) is 73.7 Å². The van der Waals surface area contributed by atoms with E-state index in [1.807, 2.05) is 6.92 Å². The fourth-order valence-electron chi connectivity index (χ4n) is 3.41. The predicted octanol–water partition coefficient (Wildman–Crippen LogP) is 4.22. The minimum Gasteiger partial charge on any atom is -0.495 e. The number of aryl methyl sites for hydroxylation is 1. The van der Waals surface area contributed by atoms with Gasteiger partial charge in [-0.2, -0.15) is 5.10 Å². The molecule has 0 radical (unpaired) electrons. The summed E-state index contributed by atoms with van der Waals surface area (Å²) in [5.41, 5.74) is 5.49. The van der Waals surface area contributed by atoms with Crippen LogP contribution >= 0.6 is 11.6 Å². The van der Waals surface area contributed by atoms with Gasteiger partial charge in [0, 0.05) is 16.3 Å². The molecule has 0 spiro atoms. The summed E-state index contributed by atoms with van der Waals surface area (Å²) in [5, 5.41) is 7.36. The second kappa shape index (κ2) is 11.9. The number of hydrogen-bond acceptors (Lipinski definition) is 6. The number of halogens is 1. The van der Waals surface area contributed by atoms with Crippen LogP contribution in [-0.2, 0) is 14.8 Å². The molecule has 37 heavy (non-hydrogen) atoms. The van der Waals surface area contributed by atoms with Crippen molar-refractivity contribution in [3.63, 3.8) is 0 Å².